The SMILES string of the molecule is CN=C(NCCc1ccccn1)NCCN1CC(C)CC(C)C1.I. The minimum Gasteiger partial charge on any atom is -0.356 e. The molecule has 2 unspecified atom stereocenters. The highest BCUT2D eigenvalue weighted by molar-refractivity contribution is 14.0. The molecule has 0 spiro atoms. The summed E-state index contributed by atoms with van der Waals surface area (Å²) in [4.78, 5) is 11.2. The Morgan fingerprint density at radius 3 is 2.54 bits per heavy atom. The van der Waals surface area contributed by atoms with Gasteiger partial charge in [0, 0.05) is 58.1 Å². The van der Waals surface area contributed by atoms with Gasteiger partial charge in [0.05, 0.1) is 0 Å². The first kappa shape index (κ1) is 21.2. The average molecular weight is 445 g/mol. The molecule has 0 aromatic carbocycles. The number of nitrogens with one attached hydrogen (secondary N) is 2. The van der Waals surface area contributed by atoms with Crippen molar-refractivity contribution < 1.29 is 0 Å². The van der Waals surface area contributed by atoms with E-state index in [1.54, 1.807) is 0 Å². The molecule has 0 saturated carbocycles. The number of rotatable bonds is 6. The summed E-state index contributed by atoms with van der Waals surface area (Å²) in [6.07, 6.45) is 4.10. The average Bonchev–Trinajstić information content (AvgIpc) is 2.53. The molecule has 1 aromatic rings. The zero-order valence-electron chi connectivity index (χ0n) is 15.2. The fourth-order valence-corrected chi connectivity index (χ4v) is 3.38. The van der Waals surface area contributed by atoms with Crippen molar-refractivity contribution in [1.29, 1.82) is 0 Å². The van der Waals surface area contributed by atoms with Crippen LogP contribution in [-0.2, 0) is 6.42 Å². The van der Waals surface area contributed by atoms with Gasteiger partial charge in [-0.1, -0.05) is 19.9 Å². The molecule has 0 bridgehead atoms. The van der Waals surface area contributed by atoms with E-state index in [1.807, 2.05) is 25.4 Å². The molecule has 0 aliphatic carbocycles. The first-order chi connectivity index (χ1) is 11.2. The second-order valence-electron chi connectivity index (χ2n) is 6.70. The molecule has 136 valence electrons. The van der Waals surface area contributed by atoms with Gasteiger partial charge in [-0.2, -0.15) is 0 Å². The van der Waals surface area contributed by atoms with Gasteiger partial charge in [0.2, 0.25) is 0 Å². The van der Waals surface area contributed by atoms with Crippen LogP contribution in [0.3, 0.4) is 0 Å². The van der Waals surface area contributed by atoms with Crippen molar-refractivity contribution in [1.82, 2.24) is 20.5 Å². The number of hydrogen-bond acceptors (Lipinski definition) is 3. The molecular formula is C18H32IN5. The van der Waals surface area contributed by atoms with Gasteiger partial charge >= 0.3 is 0 Å². The van der Waals surface area contributed by atoms with Crippen molar-refractivity contribution in [2.75, 3.05) is 39.8 Å². The van der Waals surface area contributed by atoms with E-state index in [9.17, 15) is 0 Å². The van der Waals surface area contributed by atoms with Gasteiger partial charge in [0.15, 0.2) is 5.96 Å². The van der Waals surface area contributed by atoms with Gasteiger partial charge in [0.25, 0.3) is 0 Å². The number of aromatic nitrogens is 1. The molecule has 0 amide bonds. The summed E-state index contributed by atoms with van der Waals surface area (Å²) >= 11 is 0. The molecule has 2 N–H and O–H groups in total. The highest BCUT2D eigenvalue weighted by Gasteiger charge is 2.21. The van der Waals surface area contributed by atoms with Crippen molar-refractivity contribution in [3.05, 3.63) is 30.1 Å². The Morgan fingerprint density at radius 2 is 1.92 bits per heavy atom. The molecule has 1 aliphatic rings. The minimum absolute atomic E-state index is 0. The summed E-state index contributed by atoms with van der Waals surface area (Å²) in [6, 6.07) is 6.02. The van der Waals surface area contributed by atoms with Crippen LogP contribution in [0.2, 0.25) is 0 Å². The van der Waals surface area contributed by atoms with E-state index in [-0.39, 0.29) is 24.0 Å². The molecule has 1 aromatic heterocycles. The maximum Gasteiger partial charge on any atom is 0.191 e. The predicted octanol–water partition coefficient (Wildman–Crippen LogP) is 2.39. The summed E-state index contributed by atoms with van der Waals surface area (Å²) in [6.45, 7) is 10.0. The molecule has 1 fully saturated rings. The quantitative estimate of drug-likeness (QED) is 0.401. The Kier molecular flexibility index (Phi) is 10.2. The van der Waals surface area contributed by atoms with Gasteiger partial charge in [-0.3, -0.25) is 9.98 Å². The monoisotopic (exact) mass is 445 g/mol. The largest absolute Gasteiger partial charge is 0.356 e. The van der Waals surface area contributed by atoms with Crippen LogP contribution in [0.25, 0.3) is 0 Å². The van der Waals surface area contributed by atoms with Gasteiger partial charge in [-0.05, 0) is 30.4 Å². The van der Waals surface area contributed by atoms with Crippen molar-refractivity contribution in [3.63, 3.8) is 0 Å². The van der Waals surface area contributed by atoms with Crippen LogP contribution in [0.15, 0.2) is 29.4 Å². The third-order valence-corrected chi connectivity index (χ3v) is 4.29. The second kappa shape index (κ2) is 11.6. The molecule has 0 radical (unpaired) electrons. The fraction of sp³-hybridized carbons (Fsp3) is 0.667. The van der Waals surface area contributed by atoms with Crippen LogP contribution >= 0.6 is 24.0 Å². The van der Waals surface area contributed by atoms with Gasteiger partial charge < -0.3 is 15.5 Å². The lowest BCUT2D eigenvalue weighted by atomic mass is 9.92. The second-order valence-corrected chi connectivity index (χ2v) is 6.70. The molecule has 6 heteroatoms. The number of hydrogen-bond donors (Lipinski definition) is 2. The van der Waals surface area contributed by atoms with Crippen LogP contribution in [0, 0.1) is 11.8 Å². The van der Waals surface area contributed by atoms with Gasteiger partial charge in [-0.15, -0.1) is 24.0 Å². The van der Waals surface area contributed by atoms with Crippen molar-refractivity contribution in [3.8, 4) is 0 Å². The zero-order valence-corrected chi connectivity index (χ0v) is 17.5. The maximum atomic E-state index is 4.33. The van der Waals surface area contributed by atoms with Crippen molar-refractivity contribution >= 4 is 29.9 Å². The third kappa shape index (κ3) is 7.79. The lowest BCUT2D eigenvalue weighted by Gasteiger charge is -2.35. The molecule has 1 saturated heterocycles. The molecule has 1 aliphatic heterocycles. The number of nitrogens with zero attached hydrogens (tertiary/aromatic N) is 3. The minimum atomic E-state index is 0. The third-order valence-electron chi connectivity index (χ3n) is 4.29. The summed E-state index contributed by atoms with van der Waals surface area (Å²) in [7, 11) is 1.82. The molecule has 2 heterocycles. The van der Waals surface area contributed by atoms with Gasteiger partial charge in [-0.25, -0.2) is 0 Å². The van der Waals surface area contributed by atoms with Crippen molar-refractivity contribution in [2.24, 2.45) is 16.8 Å². The molecule has 5 nitrogen and oxygen atoms in total. The summed E-state index contributed by atoms with van der Waals surface area (Å²) < 4.78 is 0. The van der Waals surface area contributed by atoms with Gasteiger partial charge in [0.1, 0.15) is 0 Å². The highest BCUT2D eigenvalue weighted by atomic mass is 127. The normalized spacial score (nSPS) is 21.9. The Bertz CT molecular complexity index is 470. The highest BCUT2D eigenvalue weighted by Crippen LogP contribution is 2.20. The van der Waals surface area contributed by atoms with Crippen LogP contribution in [0.4, 0.5) is 0 Å². The lowest BCUT2D eigenvalue weighted by molar-refractivity contribution is 0.143. The lowest BCUT2D eigenvalue weighted by Crippen LogP contribution is -2.45. The van der Waals surface area contributed by atoms with Crippen LogP contribution in [0.5, 0.6) is 0 Å². The fourth-order valence-electron chi connectivity index (χ4n) is 3.38. The van der Waals surface area contributed by atoms with E-state index in [1.165, 1.54) is 19.5 Å². The first-order valence-corrected chi connectivity index (χ1v) is 8.74. The van der Waals surface area contributed by atoms with E-state index >= 15 is 0 Å². The molecule has 24 heavy (non-hydrogen) atoms. The van der Waals surface area contributed by atoms with Crippen LogP contribution < -0.4 is 10.6 Å². The van der Waals surface area contributed by atoms with E-state index in [0.717, 1.165) is 49.5 Å². The number of aliphatic imine (C=N–C) groups is 1. The Morgan fingerprint density at radius 1 is 1.21 bits per heavy atom. The zero-order chi connectivity index (χ0) is 16.5. The number of halogens is 1. The van der Waals surface area contributed by atoms with Crippen LogP contribution in [-0.4, -0.2) is 55.6 Å². The smallest absolute Gasteiger partial charge is 0.191 e. The number of likely N-dealkylation sites (tertiary alicyclic amines) is 1. The standard InChI is InChI=1S/C18H31N5.HI/c1-15-12-16(2)14-23(13-15)11-10-22-18(19-3)21-9-7-17-6-4-5-8-20-17;/h4-6,8,15-16H,7,9-14H2,1-3H3,(H2,19,21,22);1H. The first-order valence-electron chi connectivity index (χ1n) is 8.74. The van der Waals surface area contributed by atoms with Crippen molar-refractivity contribution in [2.45, 2.75) is 26.7 Å². The van der Waals surface area contributed by atoms with E-state index in [0.29, 0.717) is 0 Å². The number of guanidine groups is 1. The maximum absolute atomic E-state index is 4.33. The van der Waals surface area contributed by atoms with E-state index in [2.05, 4.69) is 45.4 Å². The molecular weight excluding hydrogens is 413 g/mol. The molecule has 2 atom stereocenters. The van der Waals surface area contributed by atoms with E-state index < -0.39 is 0 Å². The Balaban J connectivity index is 0.00000288. The summed E-state index contributed by atoms with van der Waals surface area (Å²) in [5.41, 5.74) is 1.10. The molecule has 2 rings (SSSR count). The Hall–Kier alpha value is -0.890. The summed E-state index contributed by atoms with van der Waals surface area (Å²) in [5, 5.41) is 6.76. The topological polar surface area (TPSA) is 52.6 Å². The van der Waals surface area contributed by atoms with E-state index in [4.69, 9.17) is 0 Å². The van der Waals surface area contributed by atoms with Crippen LogP contribution in [0.1, 0.15) is 26.0 Å². The predicted molar refractivity (Wildman–Crippen MR) is 112 cm³/mol. The Labute approximate surface area is 163 Å². The number of pyridine rings is 1. The summed E-state index contributed by atoms with van der Waals surface area (Å²) in [5.74, 6) is 2.50. The number of piperidine rings is 1.